The van der Waals surface area contributed by atoms with E-state index in [1.165, 1.54) is 12.1 Å². The second-order valence-corrected chi connectivity index (χ2v) is 9.09. The summed E-state index contributed by atoms with van der Waals surface area (Å²) in [4.78, 5) is 66.6. The van der Waals surface area contributed by atoms with Crippen LogP contribution in [0.15, 0.2) is 24.3 Å². The van der Waals surface area contributed by atoms with Crippen LogP contribution in [0.3, 0.4) is 0 Å². The molecular weight excluding hydrogens is 481 g/mol. The SMILES string of the molecule is COC(=O)C(C(=O)OC)[C@H]1CC(C(=O)OC)(C(=O)OC)[C@@H](c2ccc(F)cc2)N1C(=O)OC(C)(C)C. The summed E-state index contributed by atoms with van der Waals surface area (Å²) in [5, 5.41) is 0. The fourth-order valence-corrected chi connectivity index (χ4v) is 4.39. The maximum atomic E-state index is 13.8. The van der Waals surface area contributed by atoms with Gasteiger partial charge in [-0.25, -0.2) is 9.18 Å². The van der Waals surface area contributed by atoms with Crippen molar-refractivity contribution in [3.63, 3.8) is 0 Å². The lowest BCUT2D eigenvalue weighted by Gasteiger charge is -2.36. The number of esters is 4. The monoisotopic (exact) mass is 511 g/mol. The van der Waals surface area contributed by atoms with Crippen molar-refractivity contribution in [1.82, 2.24) is 4.90 Å². The minimum Gasteiger partial charge on any atom is -0.468 e. The highest BCUT2D eigenvalue weighted by Crippen LogP contribution is 2.54. The Balaban J connectivity index is 2.95. The molecule has 198 valence electrons. The number of rotatable bonds is 6. The molecule has 1 aliphatic heterocycles. The van der Waals surface area contributed by atoms with E-state index < -0.39 is 71.2 Å². The summed E-state index contributed by atoms with van der Waals surface area (Å²) in [6.45, 7) is 4.73. The number of ether oxygens (including phenoxy) is 5. The summed E-state index contributed by atoms with van der Waals surface area (Å²) in [7, 11) is 4.10. The van der Waals surface area contributed by atoms with Crippen molar-refractivity contribution in [2.75, 3.05) is 28.4 Å². The van der Waals surface area contributed by atoms with E-state index in [9.17, 15) is 28.4 Å². The normalized spacial score (nSPS) is 18.9. The molecule has 0 N–H and O–H groups in total. The molecule has 0 radical (unpaired) electrons. The van der Waals surface area contributed by atoms with Crippen LogP contribution in [0, 0.1) is 17.2 Å². The number of hydrogen-bond donors (Lipinski definition) is 0. The van der Waals surface area contributed by atoms with E-state index in [2.05, 4.69) is 0 Å². The first kappa shape index (κ1) is 28.5. The maximum Gasteiger partial charge on any atom is 0.411 e. The molecule has 1 fully saturated rings. The number of hydrogen-bond acceptors (Lipinski definition) is 10. The van der Waals surface area contributed by atoms with Crippen molar-refractivity contribution in [3.8, 4) is 0 Å². The average molecular weight is 511 g/mol. The Bertz CT molecular complexity index is 985. The molecular formula is C24H30FNO10. The van der Waals surface area contributed by atoms with Crippen LogP contribution in [0.1, 0.15) is 38.8 Å². The van der Waals surface area contributed by atoms with Crippen molar-refractivity contribution in [2.45, 2.75) is 44.9 Å². The van der Waals surface area contributed by atoms with Gasteiger partial charge < -0.3 is 23.7 Å². The number of carbonyl (C=O) groups excluding carboxylic acids is 5. The summed E-state index contributed by atoms with van der Waals surface area (Å²) < 4.78 is 38.8. The van der Waals surface area contributed by atoms with Gasteiger partial charge >= 0.3 is 30.0 Å². The average Bonchev–Trinajstić information content (AvgIpc) is 3.18. The van der Waals surface area contributed by atoms with Crippen LogP contribution < -0.4 is 0 Å². The van der Waals surface area contributed by atoms with E-state index in [0.717, 1.165) is 45.5 Å². The van der Waals surface area contributed by atoms with Crippen LogP contribution in [0.25, 0.3) is 0 Å². The zero-order valence-electron chi connectivity index (χ0n) is 21.2. The number of nitrogens with zero attached hydrogens (tertiary/aromatic N) is 1. The van der Waals surface area contributed by atoms with Crippen LogP contribution >= 0.6 is 0 Å². The molecule has 0 unspecified atom stereocenters. The van der Waals surface area contributed by atoms with Crippen LogP contribution in [0.4, 0.5) is 9.18 Å². The number of benzene rings is 1. The van der Waals surface area contributed by atoms with Gasteiger partial charge in [0.15, 0.2) is 11.3 Å². The lowest BCUT2D eigenvalue weighted by atomic mass is 9.75. The van der Waals surface area contributed by atoms with Gasteiger partial charge in [-0.05, 0) is 44.9 Å². The van der Waals surface area contributed by atoms with Gasteiger partial charge in [-0.15, -0.1) is 0 Å². The quantitative estimate of drug-likeness (QED) is 0.318. The molecule has 1 aliphatic rings. The second-order valence-electron chi connectivity index (χ2n) is 9.09. The van der Waals surface area contributed by atoms with E-state index in [4.69, 9.17) is 23.7 Å². The molecule has 0 aliphatic carbocycles. The summed E-state index contributed by atoms with van der Waals surface area (Å²) in [6.07, 6.45) is -1.66. The molecule has 2 atom stereocenters. The summed E-state index contributed by atoms with van der Waals surface area (Å²) in [6, 6.07) is 1.64. The third-order valence-electron chi connectivity index (χ3n) is 5.82. The maximum absolute atomic E-state index is 13.8. The molecule has 0 spiro atoms. The fourth-order valence-electron chi connectivity index (χ4n) is 4.39. The van der Waals surface area contributed by atoms with Crippen LogP contribution in [0.2, 0.25) is 0 Å². The summed E-state index contributed by atoms with van der Waals surface area (Å²) >= 11 is 0. The molecule has 0 saturated carbocycles. The third kappa shape index (κ3) is 5.26. The Morgan fingerprint density at radius 3 is 1.75 bits per heavy atom. The number of halogens is 1. The van der Waals surface area contributed by atoms with E-state index >= 15 is 0 Å². The molecule has 1 aromatic rings. The van der Waals surface area contributed by atoms with Crippen molar-refractivity contribution < 1.29 is 52.0 Å². The van der Waals surface area contributed by atoms with Crippen LogP contribution in [-0.4, -0.2) is 75.0 Å². The topological polar surface area (TPSA) is 135 Å². The number of carbonyl (C=O) groups is 5. The Kier molecular flexibility index (Phi) is 8.66. The van der Waals surface area contributed by atoms with Gasteiger partial charge in [0, 0.05) is 0 Å². The number of amides is 1. The number of likely N-dealkylation sites (tertiary alicyclic amines) is 1. The molecule has 1 amide bonds. The Labute approximate surface area is 207 Å². The largest absolute Gasteiger partial charge is 0.468 e. The summed E-state index contributed by atoms with van der Waals surface area (Å²) in [5.74, 6) is -6.76. The second kappa shape index (κ2) is 10.9. The molecule has 1 heterocycles. The molecule has 36 heavy (non-hydrogen) atoms. The van der Waals surface area contributed by atoms with Gasteiger partial charge in [-0.3, -0.25) is 24.1 Å². The van der Waals surface area contributed by atoms with Gasteiger partial charge in [0.25, 0.3) is 0 Å². The zero-order chi connectivity index (χ0) is 27.4. The summed E-state index contributed by atoms with van der Waals surface area (Å²) in [5.41, 5.74) is -3.19. The first-order valence-corrected chi connectivity index (χ1v) is 10.9. The minimum absolute atomic E-state index is 0.119. The molecule has 1 aromatic carbocycles. The molecule has 2 rings (SSSR count). The smallest absolute Gasteiger partial charge is 0.411 e. The van der Waals surface area contributed by atoms with Gasteiger partial charge in [0.1, 0.15) is 11.4 Å². The minimum atomic E-state index is -2.26. The zero-order valence-corrected chi connectivity index (χ0v) is 21.2. The first-order chi connectivity index (χ1) is 16.8. The predicted molar refractivity (Wildman–Crippen MR) is 120 cm³/mol. The van der Waals surface area contributed by atoms with Crippen LogP contribution in [0.5, 0.6) is 0 Å². The van der Waals surface area contributed by atoms with E-state index in [-0.39, 0.29) is 5.56 Å². The van der Waals surface area contributed by atoms with E-state index in [1.807, 2.05) is 0 Å². The lowest BCUT2D eigenvalue weighted by molar-refractivity contribution is -0.171. The fraction of sp³-hybridized carbons (Fsp3) is 0.542. The highest BCUT2D eigenvalue weighted by atomic mass is 19.1. The van der Waals surface area contributed by atoms with Crippen LogP contribution in [-0.2, 0) is 42.9 Å². The first-order valence-electron chi connectivity index (χ1n) is 10.9. The Hall–Kier alpha value is -3.70. The molecule has 1 saturated heterocycles. The molecule has 11 nitrogen and oxygen atoms in total. The van der Waals surface area contributed by atoms with Gasteiger partial charge in [0.05, 0.1) is 40.5 Å². The van der Waals surface area contributed by atoms with Crippen molar-refractivity contribution in [1.29, 1.82) is 0 Å². The van der Waals surface area contributed by atoms with Gasteiger partial charge in [0.2, 0.25) is 0 Å². The highest BCUT2D eigenvalue weighted by molar-refractivity contribution is 6.03. The van der Waals surface area contributed by atoms with Gasteiger partial charge in [-0.2, -0.15) is 0 Å². The van der Waals surface area contributed by atoms with Gasteiger partial charge in [-0.1, -0.05) is 12.1 Å². The lowest BCUT2D eigenvalue weighted by Crippen LogP contribution is -2.50. The highest BCUT2D eigenvalue weighted by Gasteiger charge is 2.68. The standard InChI is InChI=1S/C24H30FNO10/c1-23(2,3)36-22(31)26-15(16(18(27)32-4)19(28)33-5)12-24(20(29)34-6,21(30)35-7)17(26)13-8-10-14(25)11-9-13/h8-11,15-17H,12H2,1-7H3/t15-,17-/m1/s1. The number of methoxy groups -OCH3 is 4. The Morgan fingerprint density at radius 2 is 1.36 bits per heavy atom. The van der Waals surface area contributed by atoms with E-state index in [0.29, 0.717) is 0 Å². The molecule has 0 aromatic heterocycles. The van der Waals surface area contributed by atoms with Crippen molar-refractivity contribution in [2.24, 2.45) is 11.3 Å². The third-order valence-corrected chi connectivity index (χ3v) is 5.82. The van der Waals surface area contributed by atoms with E-state index in [1.54, 1.807) is 20.8 Å². The van der Waals surface area contributed by atoms with Crippen molar-refractivity contribution >= 4 is 30.0 Å². The molecule has 0 bridgehead atoms. The Morgan fingerprint density at radius 1 is 0.889 bits per heavy atom. The predicted octanol–water partition coefficient (Wildman–Crippen LogP) is 2.17. The molecule has 12 heteroatoms. The van der Waals surface area contributed by atoms with Crippen molar-refractivity contribution in [3.05, 3.63) is 35.6 Å².